The summed E-state index contributed by atoms with van der Waals surface area (Å²) < 4.78 is 5.35. The maximum absolute atomic E-state index is 12.5. The summed E-state index contributed by atoms with van der Waals surface area (Å²) >= 11 is 0. The predicted molar refractivity (Wildman–Crippen MR) is 97.9 cm³/mol. The molecule has 0 saturated heterocycles. The molecule has 0 aliphatic rings. The molecule has 0 unspecified atom stereocenters. The largest absolute Gasteiger partial charge is 0.444 e. The molecule has 0 fully saturated rings. The maximum Gasteiger partial charge on any atom is 0.339 e. The van der Waals surface area contributed by atoms with Crippen molar-refractivity contribution in [2.75, 3.05) is 12.4 Å². The minimum atomic E-state index is -1.32. The monoisotopic (exact) mass is 369 g/mol. The summed E-state index contributed by atoms with van der Waals surface area (Å²) in [5, 5.41) is 6.92. The molecule has 0 aliphatic heterocycles. The van der Waals surface area contributed by atoms with Crippen LogP contribution >= 0.6 is 0 Å². The standard InChI is InChI=1S/C19H19N3O5/c1-12(23)21-15-10-6-9-14(11-15)18(25)27-16(13-7-4-3-5-8-13)17(24)22-19(26)20-2/h3-11,16H,1-2H3,(H,21,23)(H2,20,22,24,26)/t16-/m0/s1. The lowest BCUT2D eigenvalue weighted by Crippen LogP contribution is -2.41. The number of hydrogen-bond acceptors (Lipinski definition) is 5. The number of hydrogen-bond donors (Lipinski definition) is 3. The van der Waals surface area contributed by atoms with Crippen molar-refractivity contribution in [3.63, 3.8) is 0 Å². The second-order valence-electron chi connectivity index (χ2n) is 5.53. The fraction of sp³-hybridized carbons (Fsp3) is 0.158. The maximum atomic E-state index is 12.5. The molecule has 3 N–H and O–H groups in total. The van der Waals surface area contributed by atoms with Crippen molar-refractivity contribution >= 4 is 29.5 Å². The predicted octanol–water partition coefficient (Wildman–Crippen LogP) is 2.00. The lowest BCUT2D eigenvalue weighted by Gasteiger charge is -2.17. The van der Waals surface area contributed by atoms with Gasteiger partial charge in [0.1, 0.15) is 0 Å². The Hall–Kier alpha value is -3.68. The van der Waals surface area contributed by atoms with Crippen LogP contribution in [0.2, 0.25) is 0 Å². The molecule has 0 bridgehead atoms. The third-order valence-corrected chi connectivity index (χ3v) is 3.45. The average molecular weight is 369 g/mol. The van der Waals surface area contributed by atoms with E-state index in [1.807, 2.05) is 0 Å². The first-order chi connectivity index (χ1) is 12.9. The van der Waals surface area contributed by atoms with Gasteiger partial charge in [-0.1, -0.05) is 36.4 Å². The van der Waals surface area contributed by atoms with Crippen LogP contribution in [0, 0.1) is 0 Å². The van der Waals surface area contributed by atoms with Gasteiger partial charge in [0.15, 0.2) is 0 Å². The highest BCUT2D eigenvalue weighted by Crippen LogP contribution is 2.21. The van der Waals surface area contributed by atoms with Gasteiger partial charge in [0.2, 0.25) is 12.0 Å². The highest BCUT2D eigenvalue weighted by atomic mass is 16.5. The zero-order valence-electron chi connectivity index (χ0n) is 14.8. The van der Waals surface area contributed by atoms with E-state index in [-0.39, 0.29) is 11.5 Å². The first-order valence-electron chi connectivity index (χ1n) is 8.07. The number of urea groups is 1. The van der Waals surface area contributed by atoms with Crippen LogP contribution in [-0.4, -0.2) is 30.9 Å². The Bertz CT molecular complexity index is 851. The normalized spacial score (nSPS) is 11.0. The van der Waals surface area contributed by atoms with E-state index in [0.717, 1.165) is 0 Å². The van der Waals surface area contributed by atoms with Crippen molar-refractivity contribution in [3.05, 3.63) is 65.7 Å². The molecule has 0 saturated carbocycles. The number of rotatable bonds is 5. The van der Waals surface area contributed by atoms with E-state index in [0.29, 0.717) is 11.3 Å². The molecule has 1 atom stereocenters. The van der Waals surface area contributed by atoms with E-state index in [1.165, 1.54) is 26.1 Å². The molecule has 0 spiro atoms. The number of amides is 4. The Kier molecular flexibility index (Phi) is 6.65. The van der Waals surface area contributed by atoms with E-state index < -0.39 is 24.0 Å². The molecule has 8 heteroatoms. The average Bonchev–Trinajstić information content (AvgIpc) is 2.66. The summed E-state index contributed by atoms with van der Waals surface area (Å²) in [6.45, 7) is 1.35. The quantitative estimate of drug-likeness (QED) is 0.698. The van der Waals surface area contributed by atoms with Crippen LogP contribution in [0.25, 0.3) is 0 Å². The first kappa shape index (κ1) is 19.6. The second kappa shape index (κ2) is 9.14. The summed E-state index contributed by atoms with van der Waals surface area (Å²) in [6.07, 6.45) is -1.32. The number of carbonyl (C=O) groups is 4. The lowest BCUT2D eigenvalue weighted by molar-refractivity contribution is -0.129. The van der Waals surface area contributed by atoms with Crippen molar-refractivity contribution in [1.82, 2.24) is 10.6 Å². The van der Waals surface area contributed by atoms with Crippen molar-refractivity contribution in [2.24, 2.45) is 0 Å². The summed E-state index contributed by atoms with van der Waals surface area (Å²) in [6, 6.07) is 13.7. The van der Waals surface area contributed by atoms with Crippen LogP contribution in [0.3, 0.4) is 0 Å². The summed E-state index contributed by atoms with van der Waals surface area (Å²) in [4.78, 5) is 47.5. The number of imide groups is 1. The molecule has 0 radical (unpaired) electrons. The van der Waals surface area contributed by atoms with Gasteiger partial charge in [-0.25, -0.2) is 9.59 Å². The highest BCUT2D eigenvalue weighted by Gasteiger charge is 2.27. The third-order valence-electron chi connectivity index (χ3n) is 3.45. The molecule has 2 aromatic rings. The van der Waals surface area contributed by atoms with Crippen LogP contribution in [0.4, 0.5) is 10.5 Å². The molecule has 0 aliphatic carbocycles. The topological polar surface area (TPSA) is 114 Å². The van der Waals surface area contributed by atoms with Crippen molar-refractivity contribution in [3.8, 4) is 0 Å². The molecular formula is C19H19N3O5. The molecule has 8 nitrogen and oxygen atoms in total. The number of ether oxygens (including phenoxy) is 1. The summed E-state index contributed by atoms with van der Waals surface area (Å²) in [5.74, 6) is -1.84. The fourth-order valence-corrected chi connectivity index (χ4v) is 2.24. The second-order valence-corrected chi connectivity index (χ2v) is 5.53. The Morgan fingerprint density at radius 1 is 0.963 bits per heavy atom. The minimum Gasteiger partial charge on any atom is -0.444 e. The fourth-order valence-electron chi connectivity index (χ4n) is 2.24. The Morgan fingerprint density at radius 2 is 1.67 bits per heavy atom. The Labute approximate surface area is 155 Å². The number of esters is 1. The van der Waals surface area contributed by atoms with Gasteiger partial charge in [-0.2, -0.15) is 0 Å². The van der Waals surface area contributed by atoms with Crippen LogP contribution in [0.5, 0.6) is 0 Å². The van der Waals surface area contributed by atoms with Crippen molar-refractivity contribution in [1.29, 1.82) is 0 Å². The van der Waals surface area contributed by atoms with Crippen molar-refractivity contribution < 1.29 is 23.9 Å². The summed E-state index contributed by atoms with van der Waals surface area (Å²) in [5.41, 5.74) is 0.975. The minimum absolute atomic E-state index is 0.148. The SMILES string of the molecule is CNC(=O)NC(=O)[C@@H](OC(=O)c1cccc(NC(C)=O)c1)c1ccccc1. The van der Waals surface area contributed by atoms with Crippen LogP contribution in [0.15, 0.2) is 54.6 Å². The molecule has 2 aromatic carbocycles. The molecule has 0 heterocycles. The smallest absolute Gasteiger partial charge is 0.339 e. The van der Waals surface area contributed by atoms with E-state index in [2.05, 4.69) is 16.0 Å². The Balaban J connectivity index is 2.24. The number of anilines is 1. The molecule has 2 rings (SSSR count). The molecule has 4 amide bonds. The van der Waals surface area contributed by atoms with Gasteiger partial charge in [-0.3, -0.25) is 14.9 Å². The zero-order chi connectivity index (χ0) is 19.8. The Morgan fingerprint density at radius 3 is 2.30 bits per heavy atom. The van der Waals surface area contributed by atoms with E-state index in [4.69, 9.17) is 4.74 Å². The van der Waals surface area contributed by atoms with Crippen LogP contribution in [-0.2, 0) is 14.3 Å². The number of carbonyl (C=O) groups excluding carboxylic acids is 4. The van der Waals surface area contributed by atoms with E-state index in [1.54, 1.807) is 42.5 Å². The van der Waals surface area contributed by atoms with Crippen LogP contribution in [0.1, 0.15) is 28.9 Å². The molecule has 27 heavy (non-hydrogen) atoms. The lowest BCUT2D eigenvalue weighted by atomic mass is 10.1. The number of nitrogens with one attached hydrogen (secondary N) is 3. The van der Waals surface area contributed by atoms with Crippen LogP contribution < -0.4 is 16.0 Å². The molecule has 140 valence electrons. The van der Waals surface area contributed by atoms with Gasteiger partial charge < -0.3 is 15.4 Å². The van der Waals surface area contributed by atoms with Gasteiger partial charge in [0, 0.05) is 25.2 Å². The summed E-state index contributed by atoms with van der Waals surface area (Å²) in [7, 11) is 1.36. The highest BCUT2D eigenvalue weighted by molar-refractivity contribution is 5.99. The van der Waals surface area contributed by atoms with E-state index in [9.17, 15) is 19.2 Å². The first-order valence-corrected chi connectivity index (χ1v) is 8.07. The third kappa shape index (κ3) is 5.67. The van der Waals surface area contributed by atoms with Gasteiger partial charge in [-0.05, 0) is 18.2 Å². The van der Waals surface area contributed by atoms with Crippen molar-refractivity contribution in [2.45, 2.75) is 13.0 Å². The van der Waals surface area contributed by atoms with Gasteiger partial charge in [-0.15, -0.1) is 0 Å². The zero-order valence-corrected chi connectivity index (χ0v) is 14.8. The van der Waals surface area contributed by atoms with Gasteiger partial charge in [0.05, 0.1) is 5.56 Å². The van der Waals surface area contributed by atoms with Gasteiger partial charge >= 0.3 is 12.0 Å². The molecule has 0 aromatic heterocycles. The molecular weight excluding hydrogens is 350 g/mol. The van der Waals surface area contributed by atoms with E-state index >= 15 is 0 Å². The van der Waals surface area contributed by atoms with Gasteiger partial charge in [0.25, 0.3) is 5.91 Å². The number of benzene rings is 2.